The molecule has 0 radical (unpaired) electrons. The van der Waals surface area contributed by atoms with Crippen molar-refractivity contribution in [2.24, 2.45) is 0 Å². The third-order valence-electron chi connectivity index (χ3n) is 3.35. The summed E-state index contributed by atoms with van der Waals surface area (Å²) < 4.78 is 5.79. The van der Waals surface area contributed by atoms with Crippen molar-refractivity contribution in [3.8, 4) is 5.75 Å². The van der Waals surface area contributed by atoms with Crippen molar-refractivity contribution in [2.45, 2.75) is 19.9 Å². The van der Waals surface area contributed by atoms with E-state index in [2.05, 4.69) is 67.4 Å². The summed E-state index contributed by atoms with van der Waals surface area (Å²) in [4.78, 5) is 4.49. The smallest absolute Gasteiger partial charge is 0.119 e. The first-order valence-electron chi connectivity index (χ1n) is 7.87. The molecule has 21 heavy (non-hydrogen) atoms. The number of benzene rings is 1. The summed E-state index contributed by atoms with van der Waals surface area (Å²) >= 11 is 0. The van der Waals surface area contributed by atoms with Crippen molar-refractivity contribution in [1.29, 1.82) is 0 Å². The van der Waals surface area contributed by atoms with Gasteiger partial charge in [0, 0.05) is 26.2 Å². The average molecular weight is 293 g/mol. The Morgan fingerprint density at radius 3 is 2.33 bits per heavy atom. The molecule has 0 aromatic heterocycles. The molecule has 1 N–H and O–H groups in total. The molecule has 1 rings (SSSR count). The van der Waals surface area contributed by atoms with Crippen molar-refractivity contribution in [2.75, 3.05) is 53.9 Å². The summed E-state index contributed by atoms with van der Waals surface area (Å²) in [6.07, 6.45) is 1.17. The summed E-state index contributed by atoms with van der Waals surface area (Å²) in [5.74, 6) is 0.954. The first kappa shape index (κ1) is 18.0. The highest BCUT2D eigenvalue weighted by Crippen LogP contribution is 2.12. The van der Waals surface area contributed by atoms with Gasteiger partial charge in [0.2, 0.25) is 0 Å². The fourth-order valence-electron chi connectivity index (χ4n) is 1.91. The predicted octanol–water partition coefficient (Wildman–Crippen LogP) is 2.06. The fraction of sp³-hybridized carbons (Fsp3) is 0.647. The van der Waals surface area contributed by atoms with Gasteiger partial charge < -0.3 is 19.9 Å². The van der Waals surface area contributed by atoms with Crippen molar-refractivity contribution in [1.82, 2.24) is 15.1 Å². The van der Waals surface area contributed by atoms with Gasteiger partial charge in [0.1, 0.15) is 12.4 Å². The number of rotatable bonds is 11. The molecule has 0 spiro atoms. The molecule has 0 atom stereocenters. The van der Waals surface area contributed by atoms with Gasteiger partial charge in [0.15, 0.2) is 0 Å². The van der Waals surface area contributed by atoms with Crippen LogP contribution < -0.4 is 10.1 Å². The molecule has 1 aromatic carbocycles. The van der Waals surface area contributed by atoms with Gasteiger partial charge in [-0.3, -0.25) is 0 Å². The number of nitrogens with zero attached hydrogens (tertiary/aromatic N) is 2. The monoisotopic (exact) mass is 293 g/mol. The highest BCUT2D eigenvalue weighted by atomic mass is 16.5. The Hall–Kier alpha value is -1.10. The van der Waals surface area contributed by atoms with E-state index in [1.165, 1.54) is 12.0 Å². The molecule has 0 amide bonds. The normalized spacial score (nSPS) is 11.3. The summed E-state index contributed by atoms with van der Waals surface area (Å²) in [7, 11) is 6.33. The lowest BCUT2D eigenvalue weighted by molar-refractivity contribution is 0.222. The third-order valence-corrected chi connectivity index (χ3v) is 3.35. The van der Waals surface area contributed by atoms with Gasteiger partial charge in [-0.15, -0.1) is 0 Å². The van der Waals surface area contributed by atoms with E-state index >= 15 is 0 Å². The second kappa shape index (κ2) is 10.6. The van der Waals surface area contributed by atoms with E-state index in [1.807, 2.05) is 0 Å². The van der Waals surface area contributed by atoms with Crippen LogP contribution in [0.4, 0.5) is 0 Å². The van der Waals surface area contributed by atoms with Crippen LogP contribution in [0, 0.1) is 0 Å². The van der Waals surface area contributed by atoms with E-state index in [9.17, 15) is 0 Å². The Morgan fingerprint density at radius 1 is 1.00 bits per heavy atom. The molecule has 4 nitrogen and oxygen atoms in total. The number of hydrogen-bond acceptors (Lipinski definition) is 4. The standard InChI is InChI=1S/C17H31N3O/c1-5-10-18-15-16-6-8-17(9-7-16)21-14-13-20(4)12-11-19(2)3/h6-9,18H,5,10-15H2,1-4H3. The van der Waals surface area contributed by atoms with Crippen LogP contribution in [0.5, 0.6) is 5.75 Å². The van der Waals surface area contributed by atoms with Crippen molar-refractivity contribution in [3.05, 3.63) is 29.8 Å². The third kappa shape index (κ3) is 8.71. The van der Waals surface area contributed by atoms with Crippen LogP contribution in [0.1, 0.15) is 18.9 Å². The highest BCUT2D eigenvalue weighted by Gasteiger charge is 2.00. The zero-order chi connectivity index (χ0) is 15.5. The molecule has 0 aliphatic heterocycles. The zero-order valence-electron chi connectivity index (χ0n) is 14.1. The molecule has 0 fully saturated rings. The summed E-state index contributed by atoms with van der Waals surface area (Å²) in [6, 6.07) is 8.38. The van der Waals surface area contributed by atoms with Crippen LogP contribution >= 0.6 is 0 Å². The van der Waals surface area contributed by atoms with Crippen LogP contribution in [0.25, 0.3) is 0 Å². The molecule has 0 heterocycles. The lowest BCUT2D eigenvalue weighted by Gasteiger charge is -2.19. The van der Waals surface area contributed by atoms with Gasteiger partial charge in [0.05, 0.1) is 0 Å². The SMILES string of the molecule is CCCNCc1ccc(OCCN(C)CCN(C)C)cc1. The second-order valence-electron chi connectivity index (χ2n) is 5.78. The predicted molar refractivity (Wildman–Crippen MR) is 90.0 cm³/mol. The highest BCUT2D eigenvalue weighted by molar-refractivity contribution is 5.27. The van der Waals surface area contributed by atoms with Crippen LogP contribution in [-0.2, 0) is 6.54 Å². The van der Waals surface area contributed by atoms with E-state index in [1.54, 1.807) is 0 Å². The molecule has 0 saturated heterocycles. The van der Waals surface area contributed by atoms with Crippen LogP contribution in [-0.4, -0.2) is 63.7 Å². The van der Waals surface area contributed by atoms with Gasteiger partial charge in [-0.25, -0.2) is 0 Å². The van der Waals surface area contributed by atoms with Gasteiger partial charge in [-0.05, 0) is 51.8 Å². The molecule has 120 valence electrons. The van der Waals surface area contributed by atoms with E-state index in [-0.39, 0.29) is 0 Å². The van der Waals surface area contributed by atoms with E-state index < -0.39 is 0 Å². The molecule has 1 aromatic rings. The lowest BCUT2D eigenvalue weighted by atomic mass is 10.2. The maximum atomic E-state index is 5.79. The van der Waals surface area contributed by atoms with Gasteiger partial charge >= 0.3 is 0 Å². The summed E-state index contributed by atoms with van der Waals surface area (Å²) in [5.41, 5.74) is 1.30. The number of ether oxygens (including phenoxy) is 1. The summed E-state index contributed by atoms with van der Waals surface area (Å²) in [5, 5.41) is 3.40. The van der Waals surface area contributed by atoms with E-state index in [4.69, 9.17) is 4.74 Å². The molecule has 0 aliphatic carbocycles. The van der Waals surface area contributed by atoms with Crippen molar-refractivity contribution in [3.63, 3.8) is 0 Å². The Balaban J connectivity index is 2.20. The number of likely N-dealkylation sites (N-methyl/N-ethyl adjacent to an activating group) is 2. The average Bonchev–Trinajstić information content (AvgIpc) is 2.47. The zero-order valence-corrected chi connectivity index (χ0v) is 14.1. The van der Waals surface area contributed by atoms with E-state index in [0.717, 1.165) is 45.1 Å². The maximum Gasteiger partial charge on any atom is 0.119 e. The molecular formula is C17H31N3O. The molecule has 4 heteroatoms. The molecule has 0 aliphatic rings. The molecule has 0 bridgehead atoms. The number of nitrogens with one attached hydrogen (secondary N) is 1. The van der Waals surface area contributed by atoms with Crippen molar-refractivity contribution >= 4 is 0 Å². The Kier molecular flexibility index (Phi) is 9.06. The minimum absolute atomic E-state index is 0.733. The van der Waals surface area contributed by atoms with Crippen molar-refractivity contribution < 1.29 is 4.74 Å². The second-order valence-corrected chi connectivity index (χ2v) is 5.78. The quantitative estimate of drug-likeness (QED) is 0.632. The fourth-order valence-corrected chi connectivity index (χ4v) is 1.91. The Morgan fingerprint density at radius 2 is 1.71 bits per heavy atom. The maximum absolute atomic E-state index is 5.79. The molecular weight excluding hydrogens is 262 g/mol. The number of hydrogen-bond donors (Lipinski definition) is 1. The Labute approximate surface area is 130 Å². The van der Waals surface area contributed by atoms with Crippen LogP contribution in [0.3, 0.4) is 0 Å². The largest absolute Gasteiger partial charge is 0.492 e. The topological polar surface area (TPSA) is 27.7 Å². The first-order chi connectivity index (χ1) is 10.1. The van der Waals surface area contributed by atoms with E-state index in [0.29, 0.717) is 0 Å². The molecule has 0 saturated carbocycles. The lowest BCUT2D eigenvalue weighted by Crippen LogP contribution is -2.31. The van der Waals surface area contributed by atoms with Gasteiger partial charge in [-0.2, -0.15) is 0 Å². The molecule has 0 unspecified atom stereocenters. The summed E-state index contributed by atoms with van der Waals surface area (Å²) in [6.45, 7) is 8.01. The van der Waals surface area contributed by atoms with Gasteiger partial charge in [0.25, 0.3) is 0 Å². The minimum Gasteiger partial charge on any atom is -0.492 e. The minimum atomic E-state index is 0.733. The van der Waals surface area contributed by atoms with Crippen LogP contribution in [0.15, 0.2) is 24.3 Å². The van der Waals surface area contributed by atoms with Gasteiger partial charge in [-0.1, -0.05) is 19.1 Å². The van der Waals surface area contributed by atoms with Crippen LogP contribution in [0.2, 0.25) is 0 Å². The first-order valence-corrected chi connectivity index (χ1v) is 7.87. The Bertz CT molecular complexity index is 365.